The Morgan fingerprint density at radius 3 is 2.53 bits per heavy atom. The van der Waals surface area contributed by atoms with Crippen molar-refractivity contribution in [3.8, 4) is 0 Å². The van der Waals surface area contributed by atoms with Crippen LogP contribution in [-0.2, 0) is 0 Å². The van der Waals surface area contributed by atoms with Gasteiger partial charge in [0.15, 0.2) is 0 Å². The molecule has 0 aliphatic heterocycles. The third-order valence-corrected chi connectivity index (χ3v) is 3.17. The summed E-state index contributed by atoms with van der Waals surface area (Å²) in [6, 6.07) is 7.63. The third kappa shape index (κ3) is 4.08. The first-order valence-corrected chi connectivity index (χ1v) is 6.42. The summed E-state index contributed by atoms with van der Waals surface area (Å²) >= 11 is 4.25. The molecule has 1 unspecified atom stereocenters. The average Bonchev–Trinajstić information content (AvgIpc) is 2.26. The lowest BCUT2D eigenvalue weighted by atomic mass is 10.0. The molecule has 94 valence electrons. The molecule has 0 aliphatic carbocycles. The van der Waals surface area contributed by atoms with Crippen LogP contribution >= 0.6 is 12.6 Å². The van der Waals surface area contributed by atoms with E-state index >= 15 is 0 Å². The van der Waals surface area contributed by atoms with Crippen molar-refractivity contribution in [2.75, 3.05) is 7.05 Å². The van der Waals surface area contributed by atoms with Crippen LogP contribution in [0.2, 0.25) is 0 Å². The first-order valence-electron chi connectivity index (χ1n) is 5.98. The van der Waals surface area contributed by atoms with Gasteiger partial charge in [0.1, 0.15) is 0 Å². The maximum Gasteiger partial charge on any atom is 0.253 e. The van der Waals surface area contributed by atoms with E-state index in [1.165, 1.54) is 0 Å². The molecule has 0 heterocycles. The van der Waals surface area contributed by atoms with Gasteiger partial charge in [-0.3, -0.25) is 4.79 Å². The summed E-state index contributed by atoms with van der Waals surface area (Å²) in [7, 11) is 1.86. The molecule has 17 heavy (non-hydrogen) atoms. The normalized spacial score (nSPS) is 12.6. The fraction of sp³-hybridized carbons (Fsp3) is 0.500. The molecule has 1 aromatic rings. The van der Waals surface area contributed by atoms with Crippen molar-refractivity contribution >= 4 is 18.5 Å². The summed E-state index contributed by atoms with van der Waals surface area (Å²) in [5, 5.41) is 0. The van der Waals surface area contributed by atoms with Crippen molar-refractivity contribution in [2.45, 2.75) is 38.1 Å². The second-order valence-corrected chi connectivity index (χ2v) is 5.46. The van der Waals surface area contributed by atoms with Crippen LogP contribution in [0.15, 0.2) is 29.2 Å². The summed E-state index contributed by atoms with van der Waals surface area (Å²) in [4.78, 5) is 14.8. The summed E-state index contributed by atoms with van der Waals surface area (Å²) in [5.41, 5.74) is 0.704. The Morgan fingerprint density at radius 1 is 1.35 bits per heavy atom. The van der Waals surface area contributed by atoms with Crippen LogP contribution in [-0.4, -0.2) is 23.9 Å². The first kappa shape index (κ1) is 14.1. The largest absolute Gasteiger partial charge is 0.339 e. The van der Waals surface area contributed by atoms with Gasteiger partial charge in [-0.2, -0.15) is 0 Å². The van der Waals surface area contributed by atoms with Gasteiger partial charge in [0.05, 0.1) is 0 Å². The van der Waals surface area contributed by atoms with Crippen LogP contribution in [0.5, 0.6) is 0 Å². The van der Waals surface area contributed by atoms with Gasteiger partial charge in [-0.1, -0.05) is 19.9 Å². The van der Waals surface area contributed by atoms with Crippen LogP contribution in [0, 0.1) is 5.92 Å². The van der Waals surface area contributed by atoms with E-state index in [1.807, 2.05) is 36.2 Å². The Kier molecular flexibility index (Phi) is 5.06. The van der Waals surface area contributed by atoms with Gasteiger partial charge in [-0.05, 0) is 37.5 Å². The highest BCUT2D eigenvalue weighted by Crippen LogP contribution is 2.15. The Bertz CT molecular complexity index is 390. The molecule has 1 amide bonds. The highest BCUT2D eigenvalue weighted by atomic mass is 32.1. The minimum absolute atomic E-state index is 0.0639. The fourth-order valence-corrected chi connectivity index (χ4v) is 2.11. The number of hydrogen-bond donors (Lipinski definition) is 1. The van der Waals surface area contributed by atoms with Crippen molar-refractivity contribution in [2.24, 2.45) is 5.92 Å². The lowest BCUT2D eigenvalue weighted by Gasteiger charge is -2.26. The zero-order valence-electron chi connectivity index (χ0n) is 11.0. The van der Waals surface area contributed by atoms with Gasteiger partial charge >= 0.3 is 0 Å². The fourth-order valence-electron chi connectivity index (χ4n) is 1.88. The van der Waals surface area contributed by atoms with Gasteiger partial charge in [0, 0.05) is 23.5 Å². The molecule has 1 rings (SSSR count). The molecular weight excluding hydrogens is 230 g/mol. The van der Waals surface area contributed by atoms with Crippen LogP contribution < -0.4 is 0 Å². The van der Waals surface area contributed by atoms with Crippen LogP contribution in [0.3, 0.4) is 0 Å². The molecule has 2 nitrogen and oxygen atoms in total. The van der Waals surface area contributed by atoms with E-state index in [-0.39, 0.29) is 11.9 Å². The smallest absolute Gasteiger partial charge is 0.253 e. The zero-order chi connectivity index (χ0) is 13.0. The number of carbonyl (C=O) groups excluding carboxylic acids is 1. The topological polar surface area (TPSA) is 20.3 Å². The Balaban J connectivity index is 2.76. The van der Waals surface area contributed by atoms with Gasteiger partial charge in [-0.25, -0.2) is 0 Å². The van der Waals surface area contributed by atoms with E-state index in [0.717, 1.165) is 11.3 Å². The maximum absolute atomic E-state index is 12.2. The van der Waals surface area contributed by atoms with Crippen molar-refractivity contribution in [3.05, 3.63) is 29.8 Å². The Labute approximate surface area is 109 Å². The summed E-state index contributed by atoms with van der Waals surface area (Å²) < 4.78 is 0. The van der Waals surface area contributed by atoms with Gasteiger partial charge in [0.2, 0.25) is 0 Å². The van der Waals surface area contributed by atoms with Crippen molar-refractivity contribution < 1.29 is 4.79 Å². The van der Waals surface area contributed by atoms with Crippen LogP contribution in [0.25, 0.3) is 0 Å². The molecule has 0 spiro atoms. The van der Waals surface area contributed by atoms with E-state index in [9.17, 15) is 4.79 Å². The van der Waals surface area contributed by atoms with Crippen molar-refractivity contribution in [1.29, 1.82) is 0 Å². The number of benzene rings is 1. The predicted octanol–water partition coefficient (Wildman–Crippen LogP) is 3.48. The average molecular weight is 251 g/mol. The molecule has 1 atom stereocenters. The highest BCUT2D eigenvalue weighted by Gasteiger charge is 2.18. The van der Waals surface area contributed by atoms with Crippen LogP contribution in [0.1, 0.15) is 37.6 Å². The van der Waals surface area contributed by atoms with Gasteiger partial charge < -0.3 is 4.90 Å². The zero-order valence-corrected chi connectivity index (χ0v) is 11.9. The maximum atomic E-state index is 12.2. The predicted molar refractivity (Wildman–Crippen MR) is 74.7 cm³/mol. The number of hydrogen-bond acceptors (Lipinski definition) is 2. The molecule has 0 bridgehead atoms. The monoisotopic (exact) mass is 251 g/mol. The molecule has 0 aliphatic rings. The number of carbonyl (C=O) groups is 1. The van der Waals surface area contributed by atoms with E-state index < -0.39 is 0 Å². The lowest BCUT2D eigenvalue weighted by Crippen LogP contribution is -2.35. The van der Waals surface area contributed by atoms with Crippen molar-refractivity contribution in [3.63, 3.8) is 0 Å². The molecule has 1 aromatic carbocycles. The molecule has 0 fully saturated rings. The second-order valence-electron chi connectivity index (χ2n) is 4.94. The first-order chi connectivity index (χ1) is 7.91. The molecular formula is C14H21NOS. The Morgan fingerprint density at radius 2 is 2.00 bits per heavy atom. The van der Waals surface area contributed by atoms with Crippen molar-refractivity contribution in [1.82, 2.24) is 4.90 Å². The van der Waals surface area contributed by atoms with E-state index in [4.69, 9.17) is 0 Å². The highest BCUT2D eigenvalue weighted by molar-refractivity contribution is 7.80. The number of rotatable bonds is 4. The minimum atomic E-state index is 0.0639. The molecule has 0 radical (unpaired) electrons. The lowest BCUT2D eigenvalue weighted by molar-refractivity contribution is 0.0728. The second kappa shape index (κ2) is 6.10. The molecule has 0 aromatic heterocycles. The number of thiol groups is 1. The summed E-state index contributed by atoms with van der Waals surface area (Å²) in [6.07, 6.45) is 1.02. The van der Waals surface area contributed by atoms with E-state index in [0.29, 0.717) is 11.5 Å². The standard InChI is InChI=1S/C14H21NOS/c1-10(2)8-11(3)15(4)14(16)12-6-5-7-13(17)9-12/h5-7,9-11,17H,8H2,1-4H3. The SMILES string of the molecule is CC(C)CC(C)N(C)C(=O)c1cccc(S)c1. The van der Waals surface area contributed by atoms with Crippen LogP contribution in [0.4, 0.5) is 0 Å². The van der Waals surface area contributed by atoms with E-state index in [2.05, 4.69) is 33.4 Å². The molecule has 3 heteroatoms. The third-order valence-electron chi connectivity index (χ3n) is 2.89. The molecule has 0 N–H and O–H groups in total. The van der Waals surface area contributed by atoms with Gasteiger partial charge in [-0.15, -0.1) is 12.6 Å². The summed E-state index contributed by atoms with van der Waals surface area (Å²) in [5.74, 6) is 0.658. The molecule has 0 saturated heterocycles. The number of amides is 1. The summed E-state index contributed by atoms with van der Waals surface area (Å²) in [6.45, 7) is 6.43. The minimum Gasteiger partial charge on any atom is -0.339 e. The Hall–Kier alpha value is -0.960. The number of nitrogens with zero attached hydrogens (tertiary/aromatic N) is 1. The van der Waals surface area contributed by atoms with Gasteiger partial charge in [0.25, 0.3) is 5.91 Å². The van der Waals surface area contributed by atoms with E-state index in [1.54, 1.807) is 0 Å². The molecule has 0 saturated carbocycles. The quantitative estimate of drug-likeness (QED) is 0.812.